The molecule has 16 heavy (non-hydrogen) atoms. The van der Waals surface area contributed by atoms with Crippen LogP contribution in [0.4, 0.5) is 0 Å². The van der Waals surface area contributed by atoms with Crippen LogP contribution in [0.15, 0.2) is 21.5 Å². The number of carbonyl (C=O) groups is 1. The van der Waals surface area contributed by atoms with Crippen molar-refractivity contribution in [1.82, 2.24) is 0 Å². The van der Waals surface area contributed by atoms with Gasteiger partial charge in [0.1, 0.15) is 5.75 Å². The Bertz CT molecular complexity index is 396. The zero-order valence-electron chi connectivity index (χ0n) is 9.25. The maximum absolute atomic E-state index is 11.7. The maximum Gasteiger partial charge on any atom is 0.164 e. The Morgan fingerprint density at radius 3 is 2.75 bits per heavy atom. The van der Waals surface area contributed by atoms with Crippen LogP contribution in [0, 0.1) is 0 Å². The number of thioether (sulfide) groups is 1. The Balaban J connectivity index is 3.15. The summed E-state index contributed by atoms with van der Waals surface area (Å²) in [6, 6.07) is 3.61. The van der Waals surface area contributed by atoms with E-state index in [1.54, 1.807) is 24.9 Å². The van der Waals surface area contributed by atoms with Crippen molar-refractivity contribution in [1.29, 1.82) is 0 Å². The number of rotatable bonds is 5. The average Bonchev–Trinajstić information content (AvgIpc) is 2.28. The lowest BCUT2D eigenvalue weighted by Crippen LogP contribution is -2.08. The highest BCUT2D eigenvalue weighted by molar-refractivity contribution is 9.10. The van der Waals surface area contributed by atoms with Gasteiger partial charge in [0.05, 0.1) is 16.5 Å². The summed E-state index contributed by atoms with van der Waals surface area (Å²) in [7, 11) is 1.61. The fourth-order valence-electron chi connectivity index (χ4n) is 1.35. The minimum absolute atomic E-state index is 0.0566. The molecule has 5 heteroatoms. The molecule has 0 bridgehead atoms. The molecule has 0 fully saturated rings. The summed E-state index contributed by atoms with van der Waals surface area (Å²) in [5.41, 5.74) is 6.04. The van der Waals surface area contributed by atoms with Crippen LogP contribution < -0.4 is 10.5 Å². The molecule has 0 amide bonds. The topological polar surface area (TPSA) is 52.3 Å². The van der Waals surface area contributed by atoms with E-state index < -0.39 is 0 Å². The van der Waals surface area contributed by atoms with Crippen molar-refractivity contribution >= 4 is 33.5 Å². The van der Waals surface area contributed by atoms with Crippen LogP contribution >= 0.6 is 27.7 Å². The van der Waals surface area contributed by atoms with Crippen molar-refractivity contribution in [3.8, 4) is 5.75 Å². The predicted molar refractivity (Wildman–Crippen MR) is 70.5 cm³/mol. The first-order chi connectivity index (χ1) is 7.63. The maximum atomic E-state index is 11.7. The van der Waals surface area contributed by atoms with E-state index in [2.05, 4.69) is 15.9 Å². The van der Waals surface area contributed by atoms with Gasteiger partial charge in [0.25, 0.3) is 0 Å². The molecule has 1 aromatic rings. The van der Waals surface area contributed by atoms with Crippen LogP contribution in [0.3, 0.4) is 0 Å². The number of nitrogens with two attached hydrogens (primary N) is 1. The van der Waals surface area contributed by atoms with Crippen LogP contribution in [0.1, 0.15) is 16.8 Å². The van der Waals surface area contributed by atoms with Crippen LogP contribution in [0.25, 0.3) is 0 Å². The number of ketones is 1. The second-order valence-corrected chi connectivity index (χ2v) is 4.86. The quantitative estimate of drug-likeness (QED) is 0.671. The molecule has 0 spiro atoms. The molecule has 0 aliphatic rings. The second-order valence-electron chi connectivity index (χ2n) is 3.16. The zero-order chi connectivity index (χ0) is 12.1. The van der Waals surface area contributed by atoms with E-state index >= 15 is 0 Å². The molecule has 88 valence electrons. The fourth-order valence-corrected chi connectivity index (χ4v) is 2.73. The third-order valence-corrected chi connectivity index (χ3v) is 3.46. The van der Waals surface area contributed by atoms with Crippen LogP contribution in [0.5, 0.6) is 5.75 Å². The predicted octanol–water partition coefficient (Wildman–Crippen LogP) is 2.71. The van der Waals surface area contributed by atoms with Gasteiger partial charge in [-0.2, -0.15) is 0 Å². The lowest BCUT2D eigenvalue weighted by atomic mass is 10.1. The highest BCUT2D eigenvalue weighted by Crippen LogP contribution is 2.36. The molecule has 0 aliphatic carbocycles. The zero-order valence-corrected chi connectivity index (χ0v) is 11.7. The summed E-state index contributed by atoms with van der Waals surface area (Å²) < 4.78 is 6.05. The molecule has 0 saturated heterocycles. The molecule has 0 heterocycles. The molecule has 0 atom stereocenters. The van der Waals surface area contributed by atoms with Gasteiger partial charge in [0.15, 0.2) is 5.78 Å². The highest BCUT2D eigenvalue weighted by atomic mass is 79.9. The minimum Gasteiger partial charge on any atom is -0.494 e. The Kier molecular flexibility index (Phi) is 5.31. The van der Waals surface area contributed by atoms with E-state index in [0.29, 0.717) is 18.5 Å². The van der Waals surface area contributed by atoms with E-state index in [-0.39, 0.29) is 5.78 Å². The van der Waals surface area contributed by atoms with Crippen molar-refractivity contribution in [3.63, 3.8) is 0 Å². The Hall–Kier alpha value is -0.520. The van der Waals surface area contributed by atoms with E-state index in [0.717, 1.165) is 15.1 Å². The van der Waals surface area contributed by atoms with Crippen molar-refractivity contribution in [3.05, 3.63) is 22.2 Å². The lowest BCUT2D eigenvalue weighted by Gasteiger charge is -2.10. The highest BCUT2D eigenvalue weighted by Gasteiger charge is 2.13. The molecular formula is C11H14BrNO2S. The molecule has 0 unspecified atom stereocenters. The SMILES string of the molecule is COc1c(Br)cc(C(=O)CCN)cc1SC. The first kappa shape index (κ1) is 13.5. The molecule has 1 aromatic carbocycles. The largest absolute Gasteiger partial charge is 0.494 e. The normalized spacial score (nSPS) is 10.2. The number of ether oxygens (including phenoxy) is 1. The van der Waals surface area contributed by atoms with Crippen molar-refractivity contribution in [2.45, 2.75) is 11.3 Å². The Labute approximate surface area is 108 Å². The summed E-state index contributed by atoms with van der Waals surface area (Å²) in [4.78, 5) is 12.7. The Morgan fingerprint density at radius 2 is 2.25 bits per heavy atom. The summed E-state index contributed by atoms with van der Waals surface area (Å²) in [5, 5.41) is 0. The minimum atomic E-state index is 0.0566. The number of Topliss-reactive ketones (excluding diaryl/α,β-unsaturated/α-hetero) is 1. The van der Waals surface area contributed by atoms with E-state index in [1.807, 2.05) is 12.3 Å². The number of halogens is 1. The van der Waals surface area contributed by atoms with Gasteiger partial charge in [-0.25, -0.2) is 0 Å². The van der Waals surface area contributed by atoms with Gasteiger partial charge in [0, 0.05) is 12.0 Å². The molecule has 0 saturated carbocycles. The smallest absolute Gasteiger partial charge is 0.164 e. The van der Waals surface area contributed by atoms with E-state index in [1.165, 1.54) is 0 Å². The molecule has 1 rings (SSSR count). The van der Waals surface area contributed by atoms with Gasteiger partial charge in [-0.15, -0.1) is 11.8 Å². The molecule has 0 radical (unpaired) electrons. The fraction of sp³-hybridized carbons (Fsp3) is 0.364. The molecular weight excluding hydrogens is 290 g/mol. The Morgan fingerprint density at radius 1 is 1.56 bits per heavy atom. The number of carbonyl (C=O) groups excluding carboxylic acids is 1. The number of methoxy groups -OCH3 is 1. The molecule has 0 aliphatic heterocycles. The number of hydrogen-bond acceptors (Lipinski definition) is 4. The third-order valence-electron chi connectivity index (χ3n) is 2.13. The van der Waals surface area contributed by atoms with Crippen molar-refractivity contribution < 1.29 is 9.53 Å². The van der Waals surface area contributed by atoms with E-state index in [9.17, 15) is 4.79 Å². The average molecular weight is 304 g/mol. The van der Waals surface area contributed by atoms with Crippen molar-refractivity contribution in [2.24, 2.45) is 5.73 Å². The van der Waals surface area contributed by atoms with Gasteiger partial charge in [-0.3, -0.25) is 4.79 Å². The van der Waals surface area contributed by atoms with Gasteiger partial charge in [0.2, 0.25) is 0 Å². The molecule has 2 N–H and O–H groups in total. The van der Waals surface area contributed by atoms with Crippen LogP contribution in [-0.4, -0.2) is 25.7 Å². The number of benzene rings is 1. The molecule has 3 nitrogen and oxygen atoms in total. The summed E-state index contributed by atoms with van der Waals surface area (Å²) in [6.45, 7) is 0.372. The summed E-state index contributed by atoms with van der Waals surface area (Å²) in [6.07, 6.45) is 2.31. The van der Waals surface area contributed by atoms with Crippen LogP contribution in [-0.2, 0) is 0 Å². The first-order valence-corrected chi connectivity index (χ1v) is 6.80. The first-order valence-electron chi connectivity index (χ1n) is 4.78. The van der Waals surface area contributed by atoms with Gasteiger partial charge in [-0.05, 0) is 40.9 Å². The summed E-state index contributed by atoms with van der Waals surface area (Å²) in [5.74, 6) is 0.818. The van der Waals surface area contributed by atoms with Gasteiger partial charge in [-0.1, -0.05) is 0 Å². The number of hydrogen-bond donors (Lipinski definition) is 1. The van der Waals surface area contributed by atoms with Crippen molar-refractivity contribution in [2.75, 3.05) is 19.9 Å². The van der Waals surface area contributed by atoms with Gasteiger partial charge < -0.3 is 10.5 Å². The molecule has 0 aromatic heterocycles. The van der Waals surface area contributed by atoms with E-state index in [4.69, 9.17) is 10.5 Å². The lowest BCUT2D eigenvalue weighted by molar-refractivity contribution is 0.0985. The third kappa shape index (κ3) is 2.99. The van der Waals surface area contributed by atoms with Crippen LogP contribution in [0.2, 0.25) is 0 Å². The standard InChI is InChI=1S/C11H14BrNO2S/c1-15-11-8(12)5-7(6-10(11)16-2)9(14)3-4-13/h5-6H,3-4,13H2,1-2H3. The summed E-state index contributed by atoms with van der Waals surface area (Å²) >= 11 is 4.94. The monoisotopic (exact) mass is 303 g/mol. The van der Waals surface area contributed by atoms with Gasteiger partial charge >= 0.3 is 0 Å². The second kappa shape index (κ2) is 6.27.